The van der Waals surface area contributed by atoms with Gasteiger partial charge in [0.15, 0.2) is 0 Å². The minimum Gasteiger partial charge on any atom is -0.481 e. The van der Waals surface area contributed by atoms with Crippen LogP contribution < -0.4 is 16.2 Å². The summed E-state index contributed by atoms with van der Waals surface area (Å²) in [5.74, 6) is -3.48. The predicted molar refractivity (Wildman–Crippen MR) is 85.3 cm³/mol. The third kappa shape index (κ3) is 3.80. The zero-order valence-electron chi connectivity index (χ0n) is 13.6. The van der Waals surface area contributed by atoms with Crippen LogP contribution in [-0.2, 0) is 9.59 Å². The van der Waals surface area contributed by atoms with E-state index in [9.17, 15) is 18.4 Å². The Morgan fingerprint density at radius 1 is 1.12 bits per heavy atom. The van der Waals surface area contributed by atoms with E-state index in [4.69, 9.17) is 5.11 Å². The lowest BCUT2D eigenvalue weighted by Crippen LogP contribution is -2.43. The zero-order valence-corrected chi connectivity index (χ0v) is 13.6. The molecule has 0 aromatic heterocycles. The maximum Gasteiger partial charge on any atom is 0.306 e. The summed E-state index contributed by atoms with van der Waals surface area (Å²) in [7, 11) is 0. The van der Waals surface area contributed by atoms with Crippen molar-refractivity contribution in [1.82, 2.24) is 16.2 Å². The van der Waals surface area contributed by atoms with Gasteiger partial charge in [-0.1, -0.05) is 6.07 Å². The van der Waals surface area contributed by atoms with Crippen molar-refractivity contribution in [2.75, 3.05) is 6.54 Å². The van der Waals surface area contributed by atoms with E-state index in [2.05, 4.69) is 16.2 Å². The Morgan fingerprint density at radius 2 is 1.76 bits per heavy atom. The molecule has 3 rings (SSSR count). The molecule has 2 atom stereocenters. The summed E-state index contributed by atoms with van der Waals surface area (Å²) in [6.45, 7) is 0.259. The SMILES string of the molecule is O=C(O)C1CCC(NC(=O)C2CNNC2c2c(F)cccc2F)CC1. The third-order valence-corrected chi connectivity index (χ3v) is 5.05. The summed E-state index contributed by atoms with van der Waals surface area (Å²) in [4.78, 5) is 23.6. The number of hydrogen-bond donors (Lipinski definition) is 4. The summed E-state index contributed by atoms with van der Waals surface area (Å²) in [6.07, 6.45) is 2.23. The lowest BCUT2D eigenvalue weighted by molar-refractivity contribution is -0.142. The quantitative estimate of drug-likeness (QED) is 0.658. The topological polar surface area (TPSA) is 90.5 Å². The normalized spacial score (nSPS) is 29.4. The number of rotatable bonds is 4. The molecule has 1 aromatic rings. The standard InChI is InChI=1S/C17H21F2N3O3/c18-12-2-1-3-13(19)14(12)15-11(8-20-22-15)16(23)21-10-6-4-9(5-7-10)17(24)25/h1-3,9-11,15,20,22H,4-8H2,(H,21,23)(H,24,25). The fraction of sp³-hybridized carbons (Fsp3) is 0.529. The molecule has 1 saturated heterocycles. The Kier molecular flexibility index (Phi) is 5.29. The molecular formula is C17H21F2N3O3. The Balaban J connectivity index is 1.65. The van der Waals surface area contributed by atoms with Crippen molar-refractivity contribution < 1.29 is 23.5 Å². The molecule has 136 valence electrons. The highest BCUT2D eigenvalue weighted by atomic mass is 19.1. The largest absolute Gasteiger partial charge is 0.481 e. The summed E-state index contributed by atoms with van der Waals surface area (Å²) in [6, 6.07) is 2.72. The number of aliphatic carboxylic acids is 1. The van der Waals surface area contributed by atoms with Gasteiger partial charge in [0, 0.05) is 18.2 Å². The highest BCUT2D eigenvalue weighted by molar-refractivity contribution is 5.80. The van der Waals surface area contributed by atoms with Crippen LogP contribution in [0.3, 0.4) is 0 Å². The van der Waals surface area contributed by atoms with E-state index in [0.717, 1.165) is 0 Å². The second-order valence-electron chi connectivity index (χ2n) is 6.64. The predicted octanol–water partition coefficient (Wildman–Crippen LogP) is 1.49. The maximum atomic E-state index is 14.0. The van der Waals surface area contributed by atoms with Crippen LogP contribution in [0.25, 0.3) is 0 Å². The lowest BCUT2D eigenvalue weighted by Gasteiger charge is -2.28. The molecule has 1 heterocycles. The van der Waals surface area contributed by atoms with Crippen molar-refractivity contribution in [1.29, 1.82) is 0 Å². The molecular weight excluding hydrogens is 332 g/mol. The minimum absolute atomic E-state index is 0.102. The van der Waals surface area contributed by atoms with Crippen LogP contribution in [0.15, 0.2) is 18.2 Å². The molecule has 2 fully saturated rings. The monoisotopic (exact) mass is 353 g/mol. The molecule has 0 bridgehead atoms. The van der Waals surface area contributed by atoms with Crippen LogP contribution in [0.1, 0.15) is 37.3 Å². The fourth-order valence-electron chi connectivity index (χ4n) is 3.62. The van der Waals surface area contributed by atoms with Crippen LogP contribution in [0.2, 0.25) is 0 Å². The second kappa shape index (κ2) is 7.45. The van der Waals surface area contributed by atoms with Crippen molar-refractivity contribution in [2.24, 2.45) is 11.8 Å². The number of hydrogen-bond acceptors (Lipinski definition) is 4. The van der Waals surface area contributed by atoms with E-state index in [-0.39, 0.29) is 30.0 Å². The van der Waals surface area contributed by atoms with Crippen LogP contribution >= 0.6 is 0 Å². The first-order valence-electron chi connectivity index (χ1n) is 8.43. The molecule has 4 N–H and O–H groups in total. The number of carbonyl (C=O) groups excluding carboxylic acids is 1. The van der Waals surface area contributed by atoms with E-state index in [0.29, 0.717) is 25.7 Å². The van der Waals surface area contributed by atoms with Gasteiger partial charge in [0.25, 0.3) is 0 Å². The smallest absolute Gasteiger partial charge is 0.306 e. The van der Waals surface area contributed by atoms with Gasteiger partial charge in [0.2, 0.25) is 5.91 Å². The highest BCUT2D eigenvalue weighted by Gasteiger charge is 2.38. The third-order valence-electron chi connectivity index (χ3n) is 5.05. The maximum absolute atomic E-state index is 14.0. The van der Waals surface area contributed by atoms with E-state index >= 15 is 0 Å². The zero-order chi connectivity index (χ0) is 18.0. The number of nitrogens with one attached hydrogen (secondary N) is 3. The van der Waals surface area contributed by atoms with E-state index in [1.54, 1.807) is 0 Å². The Labute approximate surface area is 144 Å². The van der Waals surface area contributed by atoms with Crippen molar-refractivity contribution >= 4 is 11.9 Å². The van der Waals surface area contributed by atoms with Crippen molar-refractivity contribution in [2.45, 2.75) is 37.8 Å². The molecule has 1 amide bonds. The average molecular weight is 353 g/mol. The van der Waals surface area contributed by atoms with Gasteiger partial charge in [-0.3, -0.25) is 15.0 Å². The molecule has 0 spiro atoms. The number of hydrazine groups is 1. The average Bonchev–Trinajstić information content (AvgIpc) is 3.04. The lowest BCUT2D eigenvalue weighted by atomic mass is 9.85. The number of carboxylic acid groups (broad SMARTS) is 1. The molecule has 25 heavy (non-hydrogen) atoms. The molecule has 6 nitrogen and oxygen atoms in total. The summed E-state index contributed by atoms with van der Waals surface area (Å²) >= 11 is 0. The van der Waals surface area contributed by atoms with Gasteiger partial charge in [-0.25, -0.2) is 14.2 Å². The van der Waals surface area contributed by atoms with Crippen molar-refractivity contribution in [3.8, 4) is 0 Å². The molecule has 2 unspecified atom stereocenters. The Morgan fingerprint density at radius 3 is 2.36 bits per heavy atom. The molecule has 0 radical (unpaired) electrons. The van der Waals surface area contributed by atoms with Crippen LogP contribution in [0.4, 0.5) is 8.78 Å². The summed E-state index contributed by atoms with van der Waals surface area (Å²) < 4.78 is 28.0. The van der Waals surface area contributed by atoms with Gasteiger partial charge < -0.3 is 10.4 Å². The first-order chi connectivity index (χ1) is 12.0. The second-order valence-corrected chi connectivity index (χ2v) is 6.64. The molecule has 1 aliphatic heterocycles. The van der Waals surface area contributed by atoms with Gasteiger partial charge in [0.1, 0.15) is 11.6 Å². The minimum atomic E-state index is -0.802. The number of amides is 1. The first-order valence-corrected chi connectivity index (χ1v) is 8.43. The van der Waals surface area contributed by atoms with Gasteiger partial charge >= 0.3 is 5.97 Å². The van der Waals surface area contributed by atoms with E-state index < -0.39 is 29.6 Å². The van der Waals surface area contributed by atoms with E-state index in [1.807, 2.05) is 0 Å². The van der Waals surface area contributed by atoms with Crippen LogP contribution in [0.5, 0.6) is 0 Å². The van der Waals surface area contributed by atoms with Crippen molar-refractivity contribution in [3.63, 3.8) is 0 Å². The van der Waals surface area contributed by atoms with Gasteiger partial charge in [-0.05, 0) is 37.8 Å². The summed E-state index contributed by atoms with van der Waals surface area (Å²) in [5.41, 5.74) is 5.42. The fourth-order valence-corrected chi connectivity index (χ4v) is 3.62. The molecule has 2 aliphatic rings. The number of benzene rings is 1. The van der Waals surface area contributed by atoms with Crippen LogP contribution in [0, 0.1) is 23.5 Å². The number of carbonyl (C=O) groups is 2. The molecule has 8 heteroatoms. The van der Waals surface area contributed by atoms with Crippen LogP contribution in [-0.4, -0.2) is 29.6 Å². The number of halogens is 2. The molecule has 1 aromatic carbocycles. The Bertz CT molecular complexity index is 642. The van der Waals surface area contributed by atoms with Gasteiger partial charge in [0.05, 0.1) is 17.9 Å². The molecule has 1 saturated carbocycles. The number of carboxylic acids is 1. The first kappa shape index (κ1) is 17.8. The van der Waals surface area contributed by atoms with Crippen molar-refractivity contribution in [3.05, 3.63) is 35.4 Å². The van der Waals surface area contributed by atoms with E-state index in [1.165, 1.54) is 18.2 Å². The molecule has 1 aliphatic carbocycles. The summed E-state index contributed by atoms with van der Waals surface area (Å²) in [5, 5.41) is 11.9. The van der Waals surface area contributed by atoms with Gasteiger partial charge in [-0.15, -0.1) is 0 Å². The highest BCUT2D eigenvalue weighted by Crippen LogP contribution is 2.30. The van der Waals surface area contributed by atoms with Gasteiger partial charge in [-0.2, -0.15) is 0 Å². The Hall–Kier alpha value is -2.06.